The van der Waals surface area contributed by atoms with Gasteiger partial charge in [0.05, 0.1) is 28.7 Å². The molecular weight excluding hydrogens is 575 g/mol. The Labute approximate surface area is 272 Å². The molecule has 47 heavy (non-hydrogen) atoms. The summed E-state index contributed by atoms with van der Waals surface area (Å²) in [5.74, 6) is 3.50. The fraction of sp³-hybridized carbons (Fsp3) is 0.0238. The van der Waals surface area contributed by atoms with Crippen molar-refractivity contribution in [3.05, 3.63) is 163 Å². The monoisotopic (exact) mass is 601 g/mol. The van der Waals surface area contributed by atoms with Gasteiger partial charge in [-0.05, 0) is 64.0 Å². The predicted molar refractivity (Wildman–Crippen MR) is 187 cm³/mol. The molecule has 0 fully saturated rings. The number of fused-ring (bicyclic) bond motifs is 8. The SMILES string of the molecule is c1ccc(-c2cc(-c3ccccc3)c3c4c2C2c5c(cccc5B4c4cccc5c4N3c3ccccc3O5)Oc3cccc[n+]32)cc1. The van der Waals surface area contributed by atoms with Crippen molar-refractivity contribution in [3.63, 3.8) is 0 Å². The number of hydrogen-bond acceptors (Lipinski definition) is 3. The van der Waals surface area contributed by atoms with Crippen LogP contribution in [0.25, 0.3) is 22.3 Å². The average molecular weight is 601 g/mol. The van der Waals surface area contributed by atoms with Crippen LogP contribution in [-0.2, 0) is 0 Å². The number of nitrogens with zero attached hydrogens (tertiary/aromatic N) is 2. The summed E-state index contributed by atoms with van der Waals surface area (Å²) >= 11 is 0. The van der Waals surface area contributed by atoms with Crippen molar-refractivity contribution in [3.8, 4) is 45.4 Å². The first-order chi connectivity index (χ1) is 23.3. The number of para-hydroxylation sites is 3. The Kier molecular flexibility index (Phi) is 4.95. The minimum Gasteiger partial charge on any atom is -0.453 e. The van der Waals surface area contributed by atoms with Crippen molar-refractivity contribution in [1.29, 1.82) is 0 Å². The molecule has 0 saturated carbocycles. The van der Waals surface area contributed by atoms with Crippen LogP contribution in [0, 0.1) is 0 Å². The molecule has 0 bridgehead atoms. The van der Waals surface area contributed by atoms with Crippen molar-refractivity contribution in [2.24, 2.45) is 0 Å². The smallest absolute Gasteiger partial charge is 0.374 e. The first-order valence-corrected chi connectivity index (χ1v) is 16.2. The first kappa shape index (κ1) is 25.2. The minimum absolute atomic E-state index is 0.0214. The van der Waals surface area contributed by atoms with Crippen LogP contribution in [0.3, 0.4) is 0 Å². The lowest BCUT2D eigenvalue weighted by Crippen LogP contribution is -2.65. The quantitative estimate of drug-likeness (QED) is 0.150. The van der Waals surface area contributed by atoms with Crippen LogP contribution in [0.2, 0.25) is 0 Å². The summed E-state index contributed by atoms with van der Waals surface area (Å²) in [6, 6.07) is 51.9. The molecule has 0 spiro atoms. The molecule has 4 aliphatic rings. The lowest BCUT2D eigenvalue weighted by molar-refractivity contribution is -0.711. The Morgan fingerprint density at radius 1 is 0.532 bits per heavy atom. The minimum atomic E-state index is -0.0720. The molecule has 0 radical (unpaired) electrons. The summed E-state index contributed by atoms with van der Waals surface area (Å²) in [7, 11) is 0. The highest BCUT2D eigenvalue weighted by Crippen LogP contribution is 2.55. The van der Waals surface area contributed by atoms with Gasteiger partial charge in [0.1, 0.15) is 5.75 Å². The zero-order valence-corrected chi connectivity index (χ0v) is 25.3. The first-order valence-electron chi connectivity index (χ1n) is 16.2. The summed E-state index contributed by atoms with van der Waals surface area (Å²) in [5, 5.41) is 0. The second-order valence-electron chi connectivity index (χ2n) is 12.6. The van der Waals surface area contributed by atoms with Crippen molar-refractivity contribution in [2.45, 2.75) is 6.04 Å². The molecule has 7 aromatic rings. The van der Waals surface area contributed by atoms with E-state index in [0.717, 1.165) is 34.5 Å². The molecule has 11 rings (SSSR count). The largest absolute Gasteiger partial charge is 0.453 e. The summed E-state index contributed by atoms with van der Waals surface area (Å²) in [6.07, 6.45) is 2.17. The summed E-state index contributed by atoms with van der Waals surface area (Å²) in [6.45, 7) is -0.0214. The topological polar surface area (TPSA) is 25.6 Å². The third-order valence-electron chi connectivity index (χ3n) is 10.3. The molecule has 1 aromatic heterocycles. The molecule has 5 heteroatoms. The van der Waals surface area contributed by atoms with Gasteiger partial charge in [-0.25, -0.2) is 0 Å². The highest BCUT2D eigenvalue weighted by Gasteiger charge is 2.52. The van der Waals surface area contributed by atoms with Gasteiger partial charge in [0, 0.05) is 17.2 Å². The molecule has 218 valence electrons. The van der Waals surface area contributed by atoms with Gasteiger partial charge < -0.3 is 14.4 Å². The molecule has 5 heterocycles. The summed E-state index contributed by atoms with van der Waals surface area (Å²) < 4.78 is 15.6. The van der Waals surface area contributed by atoms with E-state index in [1.807, 2.05) is 0 Å². The van der Waals surface area contributed by atoms with E-state index in [1.54, 1.807) is 0 Å². The van der Waals surface area contributed by atoms with E-state index in [0.29, 0.717) is 0 Å². The Balaban J connectivity index is 1.37. The predicted octanol–water partition coefficient (Wildman–Crippen LogP) is 7.77. The van der Waals surface area contributed by atoms with Crippen LogP contribution in [0.5, 0.6) is 23.1 Å². The van der Waals surface area contributed by atoms with Crippen LogP contribution < -0.4 is 35.3 Å². The third kappa shape index (κ3) is 3.30. The normalized spacial score (nSPS) is 15.3. The Bertz CT molecular complexity index is 2280. The standard InChI is InChI=1S/C42H26BN2O2/c1-3-13-26(14-4-1)28-25-29(27-15-5-2-6-16-27)40-39-37(28)42-38-30(17-11-21-34(38)47-36-23-9-10-24-44(36)42)43(39)31-18-12-22-35-41(31)45(40)32-19-7-8-20-33(32)46-35/h1-25,42H/q+1. The van der Waals surface area contributed by atoms with Crippen molar-refractivity contribution in [2.75, 3.05) is 4.90 Å². The van der Waals surface area contributed by atoms with Gasteiger partial charge in [-0.2, -0.15) is 4.57 Å². The number of aromatic nitrogens is 1. The van der Waals surface area contributed by atoms with E-state index in [9.17, 15) is 0 Å². The highest BCUT2D eigenvalue weighted by molar-refractivity contribution is 6.99. The zero-order valence-electron chi connectivity index (χ0n) is 25.3. The Hall–Kier alpha value is -6.07. The molecule has 0 aliphatic carbocycles. The average Bonchev–Trinajstić information content (AvgIpc) is 3.14. The molecule has 6 aromatic carbocycles. The molecule has 0 N–H and O–H groups in total. The van der Waals surface area contributed by atoms with E-state index in [2.05, 4.69) is 161 Å². The highest BCUT2D eigenvalue weighted by atomic mass is 16.5. The Morgan fingerprint density at radius 2 is 1.21 bits per heavy atom. The molecule has 4 nitrogen and oxygen atoms in total. The summed E-state index contributed by atoms with van der Waals surface area (Å²) in [4.78, 5) is 2.49. The number of rotatable bonds is 2. The van der Waals surface area contributed by atoms with E-state index in [4.69, 9.17) is 9.47 Å². The van der Waals surface area contributed by atoms with E-state index < -0.39 is 0 Å². The van der Waals surface area contributed by atoms with Crippen LogP contribution in [0.15, 0.2) is 152 Å². The van der Waals surface area contributed by atoms with Gasteiger partial charge in [0.2, 0.25) is 12.8 Å². The van der Waals surface area contributed by atoms with Crippen LogP contribution >= 0.6 is 0 Å². The van der Waals surface area contributed by atoms with Gasteiger partial charge in [-0.3, -0.25) is 0 Å². The zero-order chi connectivity index (χ0) is 30.6. The second-order valence-corrected chi connectivity index (χ2v) is 12.6. The number of anilines is 3. The maximum Gasteiger partial charge on any atom is 0.374 e. The van der Waals surface area contributed by atoms with Gasteiger partial charge in [0.25, 0.3) is 0 Å². The number of benzene rings is 6. The molecule has 1 atom stereocenters. The van der Waals surface area contributed by atoms with Gasteiger partial charge >= 0.3 is 5.88 Å². The van der Waals surface area contributed by atoms with Gasteiger partial charge in [-0.1, -0.05) is 103 Å². The maximum atomic E-state index is 6.66. The van der Waals surface area contributed by atoms with Crippen molar-refractivity contribution in [1.82, 2.24) is 0 Å². The second kappa shape index (κ2) is 9.24. The third-order valence-corrected chi connectivity index (χ3v) is 10.3. The van der Waals surface area contributed by atoms with Crippen LogP contribution in [0.1, 0.15) is 17.2 Å². The molecule has 4 aliphatic heterocycles. The fourth-order valence-corrected chi connectivity index (χ4v) is 8.47. The number of ether oxygens (including phenoxy) is 2. The molecule has 1 unspecified atom stereocenters. The van der Waals surface area contributed by atoms with E-state index in [-0.39, 0.29) is 12.8 Å². The Morgan fingerprint density at radius 3 is 2.04 bits per heavy atom. The lowest BCUT2D eigenvalue weighted by atomic mass is 9.31. The van der Waals surface area contributed by atoms with E-state index >= 15 is 0 Å². The fourth-order valence-electron chi connectivity index (χ4n) is 8.47. The lowest BCUT2D eigenvalue weighted by Gasteiger charge is -2.46. The van der Waals surface area contributed by atoms with Crippen LogP contribution in [-0.4, -0.2) is 6.71 Å². The number of hydrogen-bond donors (Lipinski definition) is 0. The van der Waals surface area contributed by atoms with Crippen molar-refractivity contribution >= 4 is 40.2 Å². The van der Waals surface area contributed by atoms with E-state index in [1.165, 1.54) is 55.5 Å². The molecule has 0 amide bonds. The van der Waals surface area contributed by atoms with Gasteiger partial charge in [-0.15, -0.1) is 0 Å². The summed E-state index contributed by atoms with van der Waals surface area (Å²) in [5.41, 5.74) is 14.6. The maximum absolute atomic E-state index is 6.66. The molecule has 0 saturated heterocycles. The van der Waals surface area contributed by atoms with Crippen LogP contribution in [0.4, 0.5) is 17.1 Å². The molecular formula is C42H26BN2O2+. The van der Waals surface area contributed by atoms with Crippen molar-refractivity contribution < 1.29 is 14.0 Å². The van der Waals surface area contributed by atoms with Gasteiger partial charge in [0.15, 0.2) is 17.7 Å². The number of pyridine rings is 1.